The second-order valence-electron chi connectivity index (χ2n) is 4.96. The lowest BCUT2D eigenvalue weighted by atomic mass is 9.74. The maximum atomic E-state index is 12.1. The number of ether oxygens (including phenoxy) is 1. The van der Waals surface area contributed by atoms with Crippen LogP contribution in [0.2, 0.25) is 0 Å². The number of likely N-dealkylation sites (N-methyl/N-ethyl adjacent to an activating group) is 1. The summed E-state index contributed by atoms with van der Waals surface area (Å²) in [5.74, 6) is 0.996. The minimum Gasteiger partial charge on any atom is -0.377 e. The molecule has 1 aliphatic carbocycles. The van der Waals surface area contributed by atoms with Crippen molar-refractivity contribution >= 4 is 5.78 Å². The van der Waals surface area contributed by atoms with Crippen LogP contribution in [-0.2, 0) is 9.53 Å². The molecule has 0 unspecified atom stereocenters. The van der Waals surface area contributed by atoms with Crippen LogP contribution in [-0.4, -0.2) is 44.0 Å². The zero-order valence-electron chi connectivity index (χ0n) is 10.4. The molecule has 0 aromatic carbocycles. The first kappa shape index (κ1) is 12.7. The molecule has 0 aromatic rings. The Morgan fingerprint density at radius 3 is 2.33 bits per heavy atom. The SMILES string of the molecule is COCC(=O)C1(N(C)C)CCC(C)CC1. The smallest absolute Gasteiger partial charge is 0.178 e. The number of carbonyl (C=O) groups is 1. The molecular weight excluding hydrogens is 190 g/mol. The molecule has 0 aliphatic heterocycles. The number of ketones is 1. The van der Waals surface area contributed by atoms with Crippen LogP contribution in [0.4, 0.5) is 0 Å². The van der Waals surface area contributed by atoms with Crippen molar-refractivity contribution in [3.8, 4) is 0 Å². The normalized spacial score (nSPS) is 31.9. The van der Waals surface area contributed by atoms with Crippen molar-refractivity contribution in [2.75, 3.05) is 27.8 Å². The first-order valence-electron chi connectivity index (χ1n) is 5.72. The fourth-order valence-electron chi connectivity index (χ4n) is 2.48. The third-order valence-electron chi connectivity index (χ3n) is 3.75. The Kier molecular flexibility index (Phi) is 4.29. The minimum atomic E-state index is -0.261. The molecule has 3 heteroatoms. The van der Waals surface area contributed by atoms with Gasteiger partial charge in [0.2, 0.25) is 0 Å². The fourth-order valence-corrected chi connectivity index (χ4v) is 2.48. The van der Waals surface area contributed by atoms with Gasteiger partial charge in [0.05, 0.1) is 5.54 Å². The summed E-state index contributed by atoms with van der Waals surface area (Å²) in [4.78, 5) is 14.2. The highest BCUT2D eigenvalue weighted by Gasteiger charge is 2.42. The summed E-state index contributed by atoms with van der Waals surface area (Å²) < 4.78 is 4.98. The first-order valence-corrected chi connectivity index (χ1v) is 5.72. The number of hydrogen-bond acceptors (Lipinski definition) is 3. The summed E-state index contributed by atoms with van der Waals surface area (Å²) in [6.45, 7) is 2.51. The number of nitrogens with zero attached hydrogens (tertiary/aromatic N) is 1. The van der Waals surface area contributed by atoms with E-state index >= 15 is 0 Å². The maximum absolute atomic E-state index is 12.1. The van der Waals surface area contributed by atoms with Crippen LogP contribution in [0.1, 0.15) is 32.6 Å². The molecular formula is C12H23NO2. The van der Waals surface area contributed by atoms with Gasteiger partial charge in [-0.25, -0.2) is 0 Å². The Balaban J connectivity index is 2.75. The topological polar surface area (TPSA) is 29.5 Å². The second-order valence-corrected chi connectivity index (χ2v) is 4.96. The Labute approximate surface area is 92.8 Å². The molecule has 1 fully saturated rings. The van der Waals surface area contributed by atoms with E-state index < -0.39 is 0 Å². The van der Waals surface area contributed by atoms with E-state index in [1.165, 1.54) is 0 Å². The fraction of sp³-hybridized carbons (Fsp3) is 0.917. The average molecular weight is 213 g/mol. The highest BCUT2D eigenvalue weighted by Crippen LogP contribution is 2.35. The lowest BCUT2D eigenvalue weighted by molar-refractivity contribution is -0.136. The van der Waals surface area contributed by atoms with E-state index in [4.69, 9.17) is 4.74 Å². The van der Waals surface area contributed by atoms with Gasteiger partial charge in [-0.2, -0.15) is 0 Å². The monoisotopic (exact) mass is 213 g/mol. The van der Waals surface area contributed by atoms with Crippen LogP contribution in [0.25, 0.3) is 0 Å². The standard InChI is InChI=1S/C12H23NO2/c1-10-5-7-12(8-6-10,13(2)3)11(14)9-15-4/h10H,5-9H2,1-4H3. The van der Waals surface area contributed by atoms with Crippen molar-refractivity contribution in [1.82, 2.24) is 4.90 Å². The average Bonchev–Trinajstić information content (AvgIpc) is 2.19. The van der Waals surface area contributed by atoms with Crippen molar-refractivity contribution in [3.05, 3.63) is 0 Å². The van der Waals surface area contributed by atoms with Crippen LogP contribution in [0.15, 0.2) is 0 Å². The van der Waals surface area contributed by atoms with Gasteiger partial charge in [-0.3, -0.25) is 9.69 Å². The van der Waals surface area contributed by atoms with Crippen LogP contribution >= 0.6 is 0 Å². The third-order valence-corrected chi connectivity index (χ3v) is 3.75. The molecule has 1 rings (SSSR count). The van der Waals surface area contributed by atoms with Crippen LogP contribution in [0.3, 0.4) is 0 Å². The molecule has 0 aromatic heterocycles. The molecule has 3 nitrogen and oxygen atoms in total. The van der Waals surface area contributed by atoms with E-state index in [1.54, 1.807) is 7.11 Å². The number of carbonyl (C=O) groups excluding carboxylic acids is 1. The Bertz CT molecular complexity index is 218. The van der Waals surface area contributed by atoms with Crippen molar-refractivity contribution in [2.45, 2.75) is 38.1 Å². The van der Waals surface area contributed by atoms with Gasteiger partial charge in [-0.15, -0.1) is 0 Å². The van der Waals surface area contributed by atoms with Gasteiger partial charge in [0.25, 0.3) is 0 Å². The van der Waals surface area contributed by atoms with Gasteiger partial charge < -0.3 is 4.74 Å². The van der Waals surface area contributed by atoms with Gasteiger partial charge in [-0.1, -0.05) is 6.92 Å². The van der Waals surface area contributed by atoms with Crippen LogP contribution in [0.5, 0.6) is 0 Å². The number of hydrogen-bond donors (Lipinski definition) is 0. The molecule has 88 valence electrons. The maximum Gasteiger partial charge on any atom is 0.178 e. The molecule has 0 spiro atoms. The molecule has 0 saturated heterocycles. The van der Waals surface area contributed by atoms with E-state index in [-0.39, 0.29) is 17.9 Å². The zero-order chi connectivity index (χ0) is 11.5. The summed E-state index contributed by atoms with van der Waals surface area (Å²) in [6.07, 6.45) is 4.24. The van der Waals surface area contributed by atoms with Crippen molar-refractivity contribution in [2.24, 2.45) is 5.92 Å². The van der Waals surface area contributed by atoms with Crippen molar-refractivity contribution in [3.63, 3.8) is 0 Å². The first-order chi connectivity index (χ1) is 7.03. The summed E-state index contributed by atoms with van der Waals surface area (Å²) in [5.41, 5.74) is -0.261. The summed E-state index contributed by atoms with van der Waals surface area (Å²) in [5, 5.41) is 0. The molecule has 0 atom stereocenters. The second kappa shape index (κ2) is 5.08. The molecule has 15 heavy (non-hydrogen) atoms. The molecule has 0 amide bonds. The molecule has 0 N–H and O–H groups in total. The Morgan fingerprint density at radius 1 is 1.40 bits per heavy atom. The molecule has 1 saturated carbocycles. The van der Waals surface area contributed by atoms with E-state index in [2.05, 4.69) is 11.8 Å². The molecule has 0 heterocycles. The number of methoxy groups -OCH3 is 1. The summed E-state index contributed by atoms with van der Waals surface area (Å²) >= 11 is 0. The molecule has 0 bridgehead atoms. The Hall–Kier alpha value is -0.410. The predicted molar refractivity (Wildman–Crippen MR) is 60.9 cm³/mol. The van der Waals surface area contributed by atoms with E-state index in [0.29, 0.717) is 0 Å². The van der Waals surface area contributed by atoms with E-state index in [9.17, 15) is 4.79 Å². The summed E-state index contributed by atoms with van der Waals surface area (Å²) in [7, 11) is 5.60. The van der Waals surface area contributed by atoms with Gasteiger partial charge in [-0.05, 0) is 45.7 Å². The third kappa shape index (κ3) is 2.58. The van der Waals surface area contributed by atoms with E-state index in [1.807, 2.05) is 14.1 Å². The zero-order valence-corrected chi connectivity index (χ0v) is 10.4. The van der Waals surface area contributed by atoms with Gasteiger partial charge >= 0.3 is 0 Å². The highest BCUT2D eigenvalue weighted by atomic mass is 16.5. The Morgan fingerprint density at radius 2 is 1.93 bits per heavy atom. The van der Waals surface area contributed by atoms with Crippen molar-refractivity contribution in [1.29, 1.82) is 0 Å². The highest BCUT2D eigenvalue weighted by molar-refractivity contribution is 5.89. The van der Waals surface area contributed by atoms with Crippen LogP contribution < -0.4 is 0 Å². The quantitative estimate of drug-likeness (QED) is 0.712. The lowest BCUT2D eigenvalue weighted by Gasteiger charge is -2.43. The molecule has 1 aliphatic rings. The number of Topliss-reactive ketones (excluding diaryl/α,β-unsaturated/α-hetero) is 1. The largest absolute Gasteiger partial charge is 0.377 e. The van der Waals surface area contributed by atoms with E-state index in [0.717, 1.165) is 31.6 Å². The van der Waals surface area contributed by atoms with Crippen molar-refractivity contribution < 1.29 is 9.53 Å². The molecule has 0 radical (unpaired) electrons. The van der Waals surface area contributed by atoms with Crippen LogP contribution in [0, 0.1) is 5.92 Å². The predicted octanol–water partition coefficient (Wildman–Crippen LogP) is 1.71. The van der Waals surface area contributed by atoms with Gasteiger partial charge in [0, 0.05) is 7.11 Å². The minimum absolute atomic E-state index is 0.238. The lowest BCUT2D eigenvalue weighted by Crippen LogP contribution is -2.54. The summed E-state index contributed by atoms with van der Waals surface area (Å²) in [6, 6.07) is 0. The van der Waals surface area contributed by atoms with Gasteiger partial charge in [0.15, 0.2) is 5.78 Å². The number of rotatable bonds is 4. The van der Waals surface area contributed by atoms with Gasteiger partial charge in [0.1, 0.15) is 6.61 Å².